The summed E-state index contributed by atoms with van der Waals surface area (Å²) >= 11 is 1.40. The highest BCUT2D eigenvalue weighted by molar-refractivity contribution is 7.09. The van der Waals surface area contributed by atoms with Crippen LogP contribution in [0, 0.1) is 17.8 Å². The van der Waals surface area contributed by atoms with E-state index in [2.05, 4.69) is 55.1 Å². The van der Waals surface area contributed by atoms with Crippen LogP contribution >= 0.6 is 11.3 Å². The molecule has 0 saturated carbocycles. The molecule has 50 heavy (non-hydrogen) atoms. The minimum Gasteiger partial charge on any atom is -0.508 e. The van der Waals surface area contributed by atoms with Gasteiger partial charge in [-0.05, 0) is 81.1 Å². The first kappa shape index (κ1) is 40.9. The smallest absolute Gasteiger partial charge is 0.303 e. The Morgan fingerprint density at radius 1 is 1.04 bits per heavy atom. The number of nitrogens with one attached hydrogen (secondary N) is 2. The molecule has 1 aliphatic rings. The van der Waals surface area contributed by atoms with E-state index in [4.69, 9.17) is 0 Å². The fourth-order valence-electron chi connectivity index (χ4n) is 6.65. The van der Waals surface area contributed by atoms with E-state index in [9.17, 15) is 29.4 Å². The number of phenols is 1. The van der Waals surface area contributed by atoms with Crippen LogP contribution < -0.4 is 10.6 Å². The van der Waals surface area contributed by atoms with Crippen LogP contribution in [-0.2, 0) is 27.2 Å². The summed E-state index contributed by atoms with van der Waals surface area (Å²) < 4.78 is 0. The molecule has 5 atom stereocenters. The molecule has 1 aromatic heterocycles. The normalized spacial score (nSPS) is 17.6. The van der Waals surface area contributed by atoms with Crippen LogP contribution in [0.3, 0.4) is 0 Å². The molecule has 3 rings (SSSR count). The molecule has 0 radical (unpaired) electrons. The number of carboxylic acid groups (broad SMARTS) is 1. The molecule has 0 unspecified atom stereocenters. The number of hydrogen-bond acceptors (Lipinski definition) is 8. The first-order valence-electron chi connectivity index (χ1n) is 18.3. The number of thiazole rings is 1. The summed E-state index contributed by atoms with van der Waals surface area (Å²) in [7, 11) is 1.98. The van der Waals surface area contributed by atoms with E-state index in [-0.39, 0.29) is 71.8 Å². The molecule has 0 spiro atoms. The topological polar surface area (TPSA) is 152 Å². The van der Waals surface area contributed by atoms with Gasteiger partial charge < -0.3 is 25.7 Å². The van der Waals surface area contributed by atoms with E-state index < -0.39 is 18.1 Å². The number of carbonyl (C=O) groups is 4. The molecule has 2 heterocycles. The summed E-state index contributed by atoms with van der Waals surface area (Å²) in [5.41, 5.74) is 1.15. The molecule has 1 aromatic carbocycles. The maximum absolute atomic E-state index is 14.5. The predicted octanol–water partition coefficient (Wildman–Crippen LogP) is 5.51. The van der Waals surface area contributed by atoms with E-state index in [1.807, 2.05) is 18.9 Å². The summed E-state index contributed by atoms with van der Waals surface area (Å²) in [5.74, 6) is -0.944. The number of aryl methyl sites for hydroxylation is 1. The molecule has 11 nitrogen and oxygen atoms in total. The van der Waals surface area contributed by atoms with Crippen LogP contribution in [0.2, 0.25) is 0 Å². The van der Waals surface area contributed by atoms with Crippen LogP contribution in [0.15, 0.2) is 29.6 Å². The number of amides is 3. The molecule has 0 aliphatic carbocycles. The van der Waals surface area contributed by atoms with Gasteiger partial charge in [0.15, 0.2) is 0 Å². The first-order valence-corrected chi connectivity index (χ1v) is 19.1. The summed E-state index contributed by atoms with van der Waals surface area (Å²) in [4.78, 5) is 61.2. The van der Waals surface area contributed by atoms with Crippen molar-refractivity contribution in [3.8, 4) is 5.75 Å². The van der Waals surface area contributed by atoms with Gasteiger partial charge in [0, 0.05) is 36.9 Å². The van der Waals surface area contributed by atoms with Crippen molar-refractivity contribution in [2.75, 3.05) is 20.1 Å². The number of aliphatic carboxylic acids is 1. The van der Waals surface area contributed by atoms with Crippen molar-refractivity contribution < 1.29 is 29.4 Å². The van der Waals surface area contributed by atoms with Gasteiger partial charge in [0.1, 0.15) is 17.5 Å². The summed E-state index contributed by atoms with van der Waals surface area (Å²) in [6.07, 6.45) is 5.44. The Hall–Kier alpha value is -3.51. The molecule has 4 N–H and O–H groups in total. The number of likely N-dealkylation sites (N-methyl/N-ethyl adjacent to an activating group) is 1. The maximum Gasteiger partial charge on any atom is 0.303 e. The van der Waals surface area contributed by atoms with Gasteiger partial charge in [-0.3, -0.25) is 24.1 Å². The Morgan fingerprint density at radius 2 is 1.74 bits per heavy atom. The Bertz CT molecular complexity index is 1400. The average Bonchev–Trinajstić information content (AvgIpc) is 3.55. The Morgan fingerprint density at radius 3 is 2.34 bits per heavy atom. The maximum atomic E-state index is 14.5. The number of aromatic hydroxyl groups is 1. The standard InChI is InChI=1S/C38H59N5O6S/c1-8-26(6)35(41-37(48)32-11-9-10-20-42(32)7)38(49)43(22-24(2)3)31(25(4)5)17-18-33-40-30(23-50-33)36(47)39-28(14-19-34(45)46)21-27-12-15-29(44)16-13-27/h12-13,15-16,23-26,28,31-32,35,44H,8-11,14,17-22H2,1-7H3,(H,39,47)(H,41,48)(H,45,46)/t26-,28+,31+,32+,35-/m0/s1. The third-order valence-corrected chi connectivity index (χ3v) is 10.7. The van der Waals surface area contributed by atoms with E-state index in [1.54, 1.807) is 29.6 Å². The minimum absolute atomic E-state index is 0.0313. The lowest BCUT2D eigenvalue weighted by atomic mass is 9.92. The zero-order valence-electron chi connectivity index (χ0n) is 31.0. The average molecular weight is 714 g/mol. The number of likely N-dealkylation sites (tertiary alicyclic amines) is 1. The highest BCUT2D eigenvalue weighted by Gasteiger charge is 2.37. The Labute approximate surface area is 302 Å². The largest absolute Gasteiger partial charge is 0.508 e. The van der Waals surface area contributed by atoms with Gasteiger partial charge in [0.05, 0.1) is 11.0 Å². The molecule has 2 aromatic rings. The fourth-order valence-corrected chi connectivity index (χ4v) is 7.44. The third kappa shape index (κ3) is 12.4. The number of benzene rings is 1. The minimum atomic E-state index is -0.940. The zero-order chi connectivity index (χ0) is 37.0. The SMILES string of the molecule is CC[C@H](C)[C@H](NC(=O)[C@H]1CCCCN1C)C(=O)N(CC(C)C)[C@H](CCc1nc(C(=O)N[C@H](CCC(=O)O)Cc2ccc(O)cc2)cs1)C(C)C. The van der Waals surface area contributed by atoms with Gasteiger partial charge in [0.2, 0.25) is 11.8 Å². The van der Waals surface area contributed by atoms with Gasteiger partial charge >= 0.3 is 5.97 Å². The quantitative estimate of drug-likeness (QED) is 0.149. The fraction of sp³-hybridized carbons (Fsp3) is 0.658. The lowest BCUT2D eigenvalue weighted by Crippen LogP contribution is -2.59. The summed E-state index contributed by atoms with van der Waals surface area (Å²) in [6, 6.07) is 5.27. The highest BCUT2D eigenvalue weighted by atomic mass is 32.1. The molecule has 1 aliphatic heterocycles. The van der Waals surface area contributed by atoms with Crippen molar-refractivity contribution in [1.82, 2.24) is 25.4 Å². The molecule has 3 amide bonds. The number of rotatable bonds is 19. The zero-order valence-corrected chi connectivity index (χ0v) is 31.8. The molecular formula is C38H59N5O6S. The molecular weight excluding hydrogens is 655 g/mol. The van der Waals surface area contributed by atoms with Crippen molar-refractivity contribution in [2.45, 2.75) is 123 Å². The van der Waals surface area contributed by atoms with Crippen LogP contribution in [0.1, 0.15) is 108 Å². The molecule has 1 fully saturated rings. The second-order valence-corrected chi connectivity index (χ2v) is 15.6. The van der Waals surface area contributed by atoms with Crippen molar-refractivity contribution in [2.24, 2.45) is 17.8 Å². The van der Waals surface area contributed by atoms with Crippen LogP contribution in [-0.4, -0.2) is 93.0 Å². The Kier molecular flexibility index (Phi) is 16.2. The number of carbonyl (C=O) groups excluding carboxylic acids is 3. The first-order chi connectivity index (χ1) is 23.7. The van der Waals surface area contributed by atoms with Gasteiger partial charge in [-0.25, -0.2) is 4.98 Å². The molecule has 12 heteroatoms. The lowest BCUT2D eigenvalue weighted by Gasteiger charge is -2.40. The Balaban J connectivity index is 1.74. The number of piperidine rings is 1. The second kappa shape index (κ2) is 19.8. The van der Waals surface area contributed by atoms with E-state index >= 15 is 0 Å². The predicted molar refractivity (Wildman–Crippen MR) is 197 cm³/mol. The van der Waals surface area contributed by atoms with Crippen molar-refractivity contribution in [1.29, 1.82) is 0 Å². The monoisotopic (exact) mass is 713 g/mol. The van der Waals surface area contributed by atoms with Gasteiger partial charge in [0.25, 0.3) is 5.91 Å². The van der Waals surface area contributed by atoms with Crippen molar-refractivity contribution in [3.63, 3.8) is 0 Å². The lowest BCUT2D eigenvalue weighted by molar-refractivity contribution is -0.142. The third-order valence-electron chi connectivity index (χ3n) is 9.76. The van der Waals surface area contributed by atoms with Gasteiger partial charge in [-0.2, -0.15) is 0 Å². The second-order valence-electron chi connectivity index (χ2n) is 14.7. The van der Waals surface area contributed by atoms with Crippen molar-refractivity contribution >= 4 is 35.0 Å². The molecule has 278 valence electrons. The van der Waals surface area contributed by atoms with E-state index in [1.165, 1.54) is 11.3 Å². The van der Waals surface area contributed by atoms with Crippen LogP contribution in [0.4, 0.5) is 0 Å². The number of aromatic nitrogens is 1. The summed E-state index contributed by atoms with van der Waals surface area (Å²) in [5, 5.41) is 27.5. The van der Waals surface area contributed by atoms with Gasteiger partial charge in [-0.1, -0.05) is 66.5 Å². The molecule has 1 saturated heterocycles. The van der Waals surface area contributed by atoms with E-state index in [0.717, 1.165) is 42.8 Å². The molecule has 0 bridgehead atoms. The number of phenolic OH excluding ortho intramolecular Hbond substituents is 1. The van der Waals surface area contributed by atoms with Crippen LogP contribution in [0.5, 0.6) is 5.75 Å². The number of hydrogen-bond donors (Lipinski definition) is 4. The highest BCUT2D eigenvalue weighted by Crippen LogP contribution is 2.25. The van der Waals surface area contributed by atoms with Gasteiger partial charge in [-0.15, -0.1) is 11.3 Å². The van der Waals surface area contributed by atoms with Crippen LogP contribution in [0.25, 0.3) is 0 Å². The van der Waals surface area contributed by atoms with Crippen molar-refractivity contribution in [3.05, 3.63) is 45.9 Å². The summed E-state index contributed by atoms with van der Waals surface area (Å²) in [6.45, 7) is 14.0. The number of nitrogens with zero attached hydrogens (tertiary/aromatic N) is 3. The van der Waals surface area contributed by atoms with E-state index in [0.29, 0.717) is 25.8 Å². The number of carboxylic acids is 1.